The predicted octanol–water partition coefficient (Wildman–Crippen LogP) is 17.0. The summed E-state index contributed by atoms with van der Waals surface area (Å²) in [5.74, 6) is -10.0. The Morgan fingerprint density at radius 2 is 1.19 bits per heavy atom. The number of benzene rings is 2. The molecule has 0 bridgehead atoms. The second-order valence-corrected chi connectivity index (χ2v) is 24.3. The summed E-state index contributed by atoms with van der Waals surface area (Å²) < 4.78 is 116. The van der Waals surface area contributed by atoms with Crippen molar-refractivity contribution in [3.8, 4) is 42.3 Å². The van der Waals surface area contributed by atoms with E-state index in [0.29, 0.717) is 15.3 Å². The lowest BCUT2D eigenvalue weighted by molar-refractivity contribution is -0.180. The molecule has 0 N–H and O–H groups in total. The fourth-order valence-electron chi connectivity index (χ4n) is 10.6. The Morgan fingerprint density at radius 3 is 1.69 bits per heavy atom. The molecule has 0 fully saturated rings. The average molecular weight is 939 g/mol. The van der Waals surface area contributed by atoms with Gasteiger partial charge in [-0.1, -0.05) is 100 Å². The zero-order valence-corrected chi connectivity index (χ0v) is 41.2. The molecule has 4 heterocycles. The van der Waals surface area contributed by atoms with E-state index in [2.05, 4.69) is 61.5 Å². The highest BCUT2D eigenvalue weighted by atomic mass is 32.1. The second kappa shape index (κ2) is 15.3. The standard InChI is InChI=1S/C52H56F6O3S3/c1-46(2,3)28-16-14-27(15-17-28)42-40(29-18-35(59-12)36(60-13)22-34(29)61-42)31(23-53)41(52(57,58)51(55,56)26-54)30-19-37(38-20-32-44(63-38)49(8,9)24-47(32,4)5)62-43(30)39-21-33-45(64-39)50(10,11)25-48(33,6)7/h14-22H,23-26H2,1-13H3/b41-31+. The van der Waals surface area contributed by atoms with Crippen LogP contribution in [0, 0.1) is 0 Å². The molecule has 2 aliphatic rings. The van der Waals surface area contributed by atoms with E-state index in [1.165, 1.54) is 60.0 Å². The third kappa shape index (κ3) is 7.36. The number of furan rings is 1. The van der Waals surface area contributed by atoms with Crippen molar-refractivity contribution < 1.29 is 40.2 Å². The number of rotatable bonds is 11. The molecule has 3 nitrogen and oxygen atoms in total. The molecule has 0 unspecified atom stereocenters. The van der Waals surface area contributed by atoms with Crippen LogP contribution in [0.15, 0.2) is 59.0 Å². The van der Waals surface area contributed by atoms with Crippen LogP contribution in [-0.4, -0.2) is 39.4 Å². The van der Waals surface area contributed by atoms with Gasteiger partial charge in [-0.2, -0.15) is 17.6 Å². The first-order valence-electron chi connectivity index (χ1n) is 21.5. The maximum Gasteiger partial charge on any atom is 0.342 e. The van der Waals surface area contributed by atoms with Gasteiger partial charge in [-0.15, -0.1) is 34.0 Å². The lowest BCUT2D eigenvalue weighted by Gasteiger charge is -2.29. The number of alkyl halides is 6. The number of allylic oxidation sites excluding steroid dienone is 2. The quantitative estimate of drug-likeness (QED) is 0.121. The molecule has 0 amide bonds. The van der Waals surface area contributed by atoms with Crippen molar-refractivity contribution in [2.75, 3.05) is 27.6 Å². The molecule has 342 valence electrons. The van der Waals surface area contributed by atoms with Gasteiger partial charge >= 0.3 is 11.8 Å². The zero-order valence-electron chi connectivity index (χ0n) is 38.7. The second-order valence-electron chi connectivity index (χ2n) is 21.2. The fourth-order valence-corrected chi connectivity index (χ4v) is 14.8. The topological polar surface area (TPSA) is 31.6 Å². The SMILES string of the molecule is COc1cc2oc(-c3ccc(C(C)(C)C)cc3)c(/C(CF)=C(\c3cc(-c4cc5c(s4)C(C)(C)CC5(C)C)sc3-c3cc4c(s3)C(C)(C)CC4(C)C)C(F)(F)C(F)(F)CF)c2cc1OC. The third-order valence-corrected chi connectivity index (χ3v) is 17.8. The van der Waals surface area contributed by atoms with E-state index in [1.54, 1.807) is 23.5 Å². The highest BCUT2D eigenvalue weighted by Gasteiger charge is 2.61. The zero-order chi connectivity index (χ0) is 46.9. The fraction of sp³-hybridized carbons (Fsp3) is 0.462. The number of hydrogen-bond donors (Lipinski definition) is 0. The maximum absolute atomic E-state index is 17.5. The van der Waals surface area contributed by atoms with Gasteiger partial charge in [0.1, 0.15) is 18.0 Å². The summed E-state index contributed by atoms with van der Waals surface area (Å²) in [7, 11) is 2.82. The smallest absolute Gasteiger partial charge is 0.342 e. The van der Waals surface area contributed by atoms with Gasteiger partial charge in [-0.3, -0.25) is 0 Å². The number of fused-ring (bicyclic) bond motifs is 3. The van der Waals surface area contributed by atoms with Crippen LogP contribution in [0.1, 0.15) is 127 Å². The van der Waals surface area contributed by atoms with Crippen LogP contribution in [0.3, 0.4) is 0 Å². The van der Waals surface area contributed by atoms with Crippen LogP contribution in [-0.2, 0) is 27.1 Å². The van der Waals surface area contributed by atoms with E-state index < -0.39 is 36.3 Å². The molecular formula is C52H56F6O3S3. The van der Waals surface area contributed by atoms with Crippen LogP contribution in [0.25, 0.3) is 52.9 Å². The van der Waals surface area contributed by atoms with Crippen LogP contribution in [0.5, 0.6) is 11.5 Å². The Balaban J connectivity index is 1.51. The first-order valence-corrected chi connectivity index (χ1v) is 23.9. The lowest BCUT2D eigenvalue weighted by atomic mass is 9.82. The van der Waals surface area contributed by atoms with Crippen LogP contribution in [0.2, 0.25) is 0 Å². The van der Waals surface area contributed by atoms with Gasteiger partial charge in [0.05, 0.1) is 19.1 Å². The van der Waals surface area contributed by atoms with Crippen molar-refractivity contribution in [1.82, 2.24) is 0 Å². The maximum atomic E-state index is 17.5. The molecule has 4 aromatic heterocycles. The Hall–Kier alpha value is -4.00. The molecule has 0 aliphatic heterocycles. The monoisotopic (exact) mass is 938 g/mol. The highest BCUT2D eigenvalue weighted by Crippen LogP contribution is 2.61. The van der Waals surface area contributed by atoms with Crippen molar-refractivity contribution in [2.45, 2.75) is 128 Å². The molecule has 0 saturated heterocycles. The van der Waals surface area contributed by atoms with Gasteiger partial charge in [0.15, 0.2) is 18.2 Å². The Kier molecular flexibility index (Phi) is 11.1. The average Bonchev–Trinajstić information content (AvgIpc) is 4.04. The van der Waals surface area contributed by atoms with Gasteiger partial charge in [-0.25, -0.2) is 8.78 Å². The van der Waals surface area contributed by atoms with Crippen molar-refractivity contribution in [2.24, 2.45) is 0 Å². The molecule has 6 aromatic rings. The third-order valence-electron chi connectivity index (χ3n) is 13.3. The summed E-state index contributed by atoms with van der Waals surface area (Å²) in [6.07, 6.45) is 1.78. The number of methoxy groups -OCH3 is 2. The summed E-state index contributed by atoms with van der Waals surface area (Å²) in [5.41, 5.74) is 0.101. The van der Waals surface area contributed by atoms with E-state index in [4.69, 9.17) is 13.9 Å². The molecule has 12 heteroatoms. The summed E-state index contributed by atoms with van der Waals surface area (Å²) >= 11 is 4.23. The lowest BCUT2D eigenvalue weighted by Crippen LogP contribution is -2.43. The molecule has 8 rings (SSSR count). The molecule has 64 heavy (non-hydrogen) atoms. The Labute approximate surface area is 384 Å². The summed E-state index contributed by atoms with van der Waals surface area (Å²) in [6.45, 7) is 19.1. The molecule has 0 saturated carbocycles. The molecule has 2 aromatic carbocycles. The van der Waals surface area contributed by atoms with Gasteiger partial charge in [0, 0.05) is 74.5 Å². The summed E-state index contributed by atoms with van der Waals surface area (Å²) in [5, 5.41) is 0.131. The minimum absolute atomic E-state index is 0.0231. The van der Waals surface area contributed by atoms with Gasteiger partial charge < -0.3 is 13.9 Å². The van der Waals surface area contributed by atoms with Crippen molar-refractivity contribution in [3.05, 3.63) is 92.2 Å². The van der Waals surface area contributed by atoms with E-state index in [0.717, 1.165) is 39.3 Å². The van der Waals surface area contributed by atoms with E-state index in [1.807, 2.05) is 39.0 Å². The van der Waals surface area contributed by atoms with Gasteiger partial charge in [0.25, 0.3) is 0 Å². The Bertz CT molecular complexity index is 2760. The minimum atomic E-state index is -5.23. The van der Waals surface area contributed by atoms with Gasteiger partial charge in [0.2, 0.25) is 0 Å². The first-order chi connectivity index (χ1) is 29.6. The van der Waals surface area contributed by atoms with Crippen molar-refractivity contribution in [3.63, 3.8) is 0 Å². The van der Waals surface area contributed by atoms with Crippen LogP contribution < -0.4 is 9.47 Å². The minimum Gasteiger partial charge on any atom is -0.493 e. The highest BCUT2D eigenvalue weighted by molar-refractivity contribution is 7.27. The van der Waals surface area contributed by atoms with E-state index in [-0.39, 0.29) is 71.3 Å². The molecular weight excluding hydrogens is 883 g/mol. The first kappa shape index (κ1) is 46.5. The summed E-state index contributed by atoms with van der Waals surface area (Å²) in [4.78, 5) is 4.49. The largest absolute Gasteiger partial charge is 0.493 e. The summed E-state index contributed by atoms with van der Waals surface area (Å²) in [6, 6.07) is 15.8. The number of hydrogen-bond acceptors (Lipinski definition) is 6. The van der Waals surface area contributed by atoms with Crippen LogP contribution in [0.4, 0.5) is 26.3 Å². The molecule has 2 aliphatic carbocycles. The normalized spacial score (nSPS) is 18.0. The molecule has 0 radical (unpaired) electrons. The van der Waals surface area contributed by atoms with Crippen LogP contribution >= 0.6 is 34.0 Å². The number of halogens is 6. The van der Waals surface area contributed by atoms with E-state index >= 15 is 22.0 Å². The van der Waals surface area contributed by atoms with Crippen molar-refractivity contribution >= 4 is 56.1 Å². The van der Waals surface area contributed by atoms with Gasteiger partial charge in [-0.05, 0) is 70.0 Å². The molecule has 0 atom stereocenters. The van der Waals surface area contributed by atoms with E-state index in [9.17, 15) is 4.39 Å². The molecule has 0 spiro atoms. The predicted molar refractivity (Wildman–Crippen MR) is 254 cm³/mol. The Morgan fingerprint density at radius 1 is 0.672 bits per heavy atom. The van der Waals surface area contributed by atoms with Crippen molar-refractivity contribution in [1.29, 1.82) is 0 Å². The number of ether oxygens (including phenoxy) is 2. The number of thiophene rings is 3.